The minimum atomic E-state index is -0.699. The van der Waals surface area contributed by atoms with Gasteiger partial charge >= 0.3 is 5.97 Å². The van der Waals surface area contributed by atoms with Crippen LogP contribution in [-0.2, 0) is 9.59 Å². The minimum Gasteiger partial charge on any atom is -0.481 e. The molecule has 20 heavy (non-hydrogen) atoms. The van der Waals surface area contributed by atoms with Crippen molar-refractivity contribution in [3.63, 3.8) is 0 Å². The van der Waals surface area contributed by atoms with Gasteiger partial charge in [0.25, 0.3) is 0 Å². The Kier molecular flexibility index (Phi) is 5.44. The van der Waals surface area contributed by atoms with Gasteiger partial charge < -0.3 is 10.4 Å². The molecule has 2 rings (SSSR count). The molecule has 0 spiro atoms. The number of hydrogen-bond acceptors (Lipinski definition) is 2. The molecular weight excluding hydrogens is 254 g/mol. The van der Waals surface area contributed by atoms with Crippen molar-refractivity contribution in [2.45, 2.75) is 58.3 Å². The van der Waals surface area contributed by atoms with Crippen LogP contribution in [0.5, 0.6) is 0 Å². The highest BCUT2D eigenvalue weighted by Gasteiger charge is 2.31. The number of carboxylic acids is 1. The van der Waals surface area contributed by atoms with E-state index in [9.17, 15) is 14.7 Å². The fourth-order valence-electron chi connectivity index (χ4n) is 3.68. The van der Waals surface area contributed by atoms with Crippen molar-refractivity contribution < 1.29 is 14.7 Å². The molecule has 0 aromatic carbocycles. The average molecular weight is 281 g/mol. The summed E-state index contributed by atoms with van der Waals surface area (Å²) >= 11 is 0. The van der Waals surface area contributed by atoms with E-state index in [1.807, 2.05) is 0 Å². The topological polar surface area (TPSA) is 66.4 Å². The van der Waals surface area contributed by atoms with Gasteiger partial charge in [-0.05, 0) is 50.4 Å². The molecule has 0 bridgehead atoms. The standard InChI is InChI=1S/C16H27NO3/c1-11-6-8-12(9-7-11)15(18)17-10-13-4-2-3-5-14(13)16(19)20/h11-14H,2-10H2,1H3,(H,17,18)(H,19,20). The summed E-state index contributed by atoms with van der Waals surface area (Å²) < 4.78 is 0. The van der Waals surface area contributed by atoms with Crippen molar-refractivity contribution in [2.75, 3.05) is 6.54 Å². The quantitative estimate of drug-likeness (QED) is 0.832. The lowest BCUT2D eigenvalue weighted by Gasteiger charge is -2.30. The van der Waals surface area contributed by atoms with E-state index in [4.69, 9.17) is 0 Å². The van der Waals surface area contributed by atoms with Crippen LogP contribution in [0.15, 0.2) is 0 Å². The summed E-state index contributed by atoms with van der Waals surface area (Å²) in [5.41, 5.74) is 0. The van der Waals surface area contributed by atoms with Crippen LogP contribution in [-0.4, -0.2) is 23.5 Å². The Hall–Kier alpha value is -1.06. The lowest BCUT2D eigenvalue weighted by Crippen LogP contribution is -2.40. The molecule has 0 aromatic rings. The zero-order valence-electron chi connectivity index (χ0n) is 12.4. The number of aliphatic carboxylic acids is 1. The van der Waals surface area contributed by atoms with E-state index in [0.29, 0.717) is 6.54 Å². The number of amides is 1. The number of nitrogens with one attached hydrogen (secondary N) is 1. The van der Waals surface area contributed by atoms with E-state index in [0.717, 1.165) is 57.3 Å². The van der Waals surface area contributed by atoms with Crippen LogP contribution in [0.2, 0.25) is 0 Å². The lowest BCUT2D eigenvalue weighted by atomic mass is 9.79. The summed E-state index contributed by atoms with van der Waals surface area (Å²) in [7, 11) is 0. The molecule has 0 aliphatic heterocycles. The van der Waals surface area contributed by atoms with E-state index in [1.165, 1.54) is 0 Å². The fourth-order valence-corrected chi connectivity index (χ4v) is 3.68. The van der Waals surface area contributed by atoms with Gasteiger partial charge in [-0.3, -0.25) is 9.59 Å². The van der Waals surface area contributed by atoms with Gasteiger partial charge in [0.1, 0.15) is 0 Å². The van der Waals surface area contributed by atoms with Gasteiger partial charge in [0.15, 0.2) is 0 Å². The predicted molar refractivity (Wildman–Crippen MR) is 77.2 cm³/mol. The van der Waals surface area contributed by atoms with Gasteiger partial charge in [-0.15, -0.1) is 0 Å². The molecule has 0 aromatic heterocycles. The summed E-state index contributed by atoms with van der Waals surface area (Å²) in [6.45, 7) is 2.79. The molecule has 0 saturated heterocycles. The summed E-state index contributed by atoms with van der Waals surface area (Å²) in [6.07, 6.45) is 8.03. The van der Waals surface area contributed by atoms with Gasteiger partial charge in [-0.1, -0.05) is 19.8 Å². The molecule has 0 radical (unpaired) electrons. The molecule has 2 fully saturated rings. The Morgan fingerprint density at radius 1 is 1.05 bits per heavy atom. The first kappa shape index (κ1) is 15.3. The van der Waals surface area contributed by atoms with Crippen LogP contribution in [0.4, 0.5) is 0 Å². The van der Waals surface area contributed by atoms with Crippen LogP contribution in [0.3, 0.4) is 0 Å². The Labute approximate surface area is 121 Å². The fraction of sp³-hybridized carbons (Fsp3) is 0.875. The monoisotopic (exact) mass is 281 g/mol. The molecule has 0 heterocycles. The highest BCUT2D eigenvalue weighted by atomic mass is 16.4. The minimum absolute atomic E-state index is 0.118. The number of carboxylic acid groups (broad SMARTS) is 1. The molecule has 2 saturated carbocycles. The molecule has 2 atom stereocenters. The van der Waals surface area contributed by atoms with Crippen molar-refractivity contribution in [2.24, 2.45) is 23.7 Å². The zero-order chi connectivity index (χ0) is 14.5. The lowest BCUT2D eigenvalue weighted by molar-refractivity contribution is -0.145. The molecule has 2 unspecified atom stereocenters. The molecule has 1 amide bonds. The van der Waals surface area contributed by atoms with Crippen LogP contribution in [0.25, 0.3) is 0 Å². The van der Waals surface area contributed by atoms with Crippen LogP contribution in [0, 0.1) is 23.7 Å². The summed E-state index contributed by atoms with van der Waals surface area (Å²) in [6, 6.07) is 0. The summed E-state index contributed by atoms with van der Waals surface area (Å²) in [5.74, 6) is 0.192. The third kappa shape index (κ3) is 3.97. The predicted octanol–water partition coefficient (Wildman–Crippen LogP) is 2.82. The Balaban J connectivity index is 1.78. The molecular formula is C16H27NO3. The van der Waals surface area contributed by atoms with Crippen molar-refractivity contribution >= 4 is 11.9 Å². The van der Waals surface area contributed by atoms with E-state index >= 15 is 0 Å². The highest BCUT2D eigenvalue weighted by Crippen LogP contribution is 2.31. The van der Waals surface area contributed by atoms with Gasteiger partial charge in [0.2, 0.25) is 5.91 Å². The molecule has 2 aliphatic rings. The maximum Gasteiger partial charge on any atom is 0.306 e. The number of rotatable bonds is 4. The summed E-state index contributed by atoms with van der Waals surface area (Å²) in [5, 5.41) is 12.3. The van der Waals surface area contributed by atoms with Gasteiger partial charge in [-0.25, -0.2) is 0 Å². The first-order valence-electron chi connectivity index (χ1n) is 8.08. The Morgan fingerprint density at radius 3 is 2.35 bits per heavy atom. The third-order valence-electron chi connectivity index (χ3n) is 5.15. The number of carbonyl (C=O) groups is 2. The highest BCUT2D eigenvalue weighted by molar-refractivity contribution is 5.78. The van der Waals surface area contributed by atoms with E-state index in [2.05, 4.69) is 12.2 Å². The Bertz CT molecular complexity index is 348. The number of carbonyl (C=O) groups excluding carboxylic acids is 1. The van der Waals surface area contributed by atoms with E-state index in [1.54, 1.807) is 0 Å². The van der Waals surface area contributed by atoms with Gasteiger partial charge in [0, 0.05) is 12.5 Å². The van der Waals surface area contributed by atoms with Crippen molar-refractivity contribution in [3.8, 4) is 0 Å². The molecule has 2 aliphatic carbocycles. The average Bonchev–Trinajstić information content (AvgIpc) is 2.45. The second-order valence-electron chi connectivity index (χ2n) is 6.69. The second kappa shape index (κ2) is 7.09. The first-order chi connectivity index (χ1) is 9.58. The molecule has 4 nitrogen and oxygen atoms in total. The first-order valence-corrected chi connectivity index (χ1v) is 8.08. The van der Waals surface area contributed by atoms with Gasteiger partial charge in [-0.2, -0.15) is 0 Å². The Morgan fingerprint density at radius 2 is 1.70 bits per heavy atom. The normalized spacial score (nSPS) is 34.5. The van der Waals surface area contributed by atoms with E-state index in [-0.39, 0.29) is 23.7 Å². The molecule has 114 valence electrons. The van der Waals surface area contributed by atoms with Crippen molar-refractivity contribution in [3.05, 3.63) is 0 Å². The number of hydrogen-bond donors (Lipinski definition) is 2. The smallest absolute Gasteiger partial charge is 0.306 e. The zero-order valence-corrected chi connectivity index (χ0v) is 12.4. The third-order valence-corrected chi connectivity index (χ3v) is 5.15. The van der Waals surface area contributed by atoms with Crippen LogP contribution >= 0.6 is 0 Å². The van der Waals surface area contributed by atoms with Crippen LogP contribution < -0.4 is 5.32 Å². The van der Waals surface area contributed by atoms with Gasteiger partial charge in [0.05, 0.1) is 5.92 Å². The molecule has 2 N–H and O–H groups in total. The van der Waals surface area contributed by atoms with Crippen molar-refractivity contribution in [1.29, 1.82) is 0 Å². The van der Waals surface area contributed by atoms with Crippen molar-refractivity contribution in [1.82, 2.24) is 5.32 Å². The van der Waals surface area contributed by atoms with E-state index < -0.39 is 5.97 Å². The SMILES string of the molecule is CC1CCC(C(=O)NCC2CCCCC2C(=O)O)CC1. The molecule has 4 heteroatoms. The maximum absolute atomic E-state index is 12.2. The summed E-state index contributed by atoms with van der Waals surface area (Å²) in [4.78, 5) is 23.4. The largest absolute Gasteiger partial charge is 0.481 e. The second-order valence-corrected chi connectivity index (χ2v) is 6.69. The van der Waals surface area contributed by atoms with Crippen LogP contribution in [0.1, 0.15) is 58.3 Å². The maximum atomic E-state index is 12.2.